The molecule has 0 saturated carbocycles. The number of methoxy groups -OCH3 is 1. The summed E-state index contributed by atoms with van der Waals surface area (Å²) in [4.78, 5) is 40.4. The number of anilines is 1. The third-order valence-electron chi connectivity index (χ3n) is 5.51. The van der Waals surface area contributed by atoms with Gasteiger partial charge in [0, 0.05) is 30.2 Å². The van der Waals surface area contributed by atoms with E-state index in [4.69, 9.17) is 9.47 Å². The van der Waals surface area contributed by atoms with Gasteiger partial charge in [0.1, 0.15) is 12.3 Å². The first kappa shape index (κ1) is 21.6. The van der Waals surface area contributed by atoms with Gasteiger partial charge in [-0.1, -0.05) is 24.3 Å². The fourth-order valence-electron chi connectivity index (χ4n) is 3.84. The zero-order chi connectivity index (χ0) is 22.7. The second kappa shape index (κ2) is 9.23. The number of carbonyl (C=O) groups is 3. The minimum atomic E-state index is -0.767. The standard InChI is InChI=1S/C24H25N3O5/c1-16-7-8-21(31-2)19(13-16)25-24(30)23(29)18-14-27(20-6-4-3-5-17(18)20)15-22(28)26-9-11-32-12-10-26/h3-8,13-14H,9-12,15H2,1-2H3,(H,25,30). The molecule has 2 heterocycles. The maximum atomic E-state index is 13.1. The summed E-state index contributed by atoms with van der Waals surface area (Å²) in [5, 5.41) is 3.28. The molecule has 1 aliphatic heterocycles. The fourth-order valence-corrected chi connectivity index (χ4v) is 3.84. The number of carbonyl (C=O) groups excluding carboxylic acids is 3. The van der Waals surface area contributed by atoms with Crippen molar-refractivity contribution >= 4 is 34.2 Å². The van der Waals surface area contributed by atoms with Crippen molar-refractivity contribution in [2.45, 2.75) is 13.5 Å². The molecule has 166 valence electrons. The molecule has 32 heavy (non-hydrogen) atoms. The van der Waals surface area contributed by atoms with E-state index in [1.54, 1.807) is 39.9 Å². The Bertz CT molecular complexity index is 1180. The Hall–Kier alpha value is -3.65. The normalized spacial score (nSPS) is 13.8. The minimum absolute atomic E-state index is 0.0537. The summed E-state index contributed by atoms with van der Waals surface area (Å²) in [7, 11) is 1.50. The van der Waals surface area contributed by atoms with E-state index >= 15 is 0 Å². The Kier molecular flexibility index (Phi) is 6.23. The monoisotopic (exact) mass is 435 g/mol. The smallest absolute Gasteiger partial charge is 0.296 e. The Balaban J connectivity index is 1.60. The summed E-state index contributed by atoms with van der Waals surface area (Å²) in [6, 6.07) is 12.6. The van der Waals surface area contributed by atoms with Crippen LogP contribution in [0.15, 0.2) is 48.7 Å². The number of amides is 2. The summed E-state index contributed by atoms with van der Waals surface area (Å²) in [5.74, 6) is -1.03. The molecule has 1 aromatic heterocycles. The van der Waals surface area contributed by atoms with Crippen LogP contribution in [0, 0.1) is 6.92 Å². The Labute approximate surface area is 185 Å². The highest BCUT2D eigenvalue weighted by molar-refractivity contribution is 6.48. The van der Waals surface area contributed by atoms with Gasteiger partial charge in [-0.25, -0.2) is 0 Å². The van der Waals surface area contributed by atoms with Gasteiger partial charge < -0.3 is 24.3 Å². The van der Waals surface area contributed by atoms with Crippen molar-refractivity contribution in [3.63, 3.8) is 0 Å². The van der Waals surface area contributed by atoms with Crippen molar-refractivity contribution in [2.75, 3.05) is 38.7 Å². The number of fused-ring (bicyclic) bond motifs is 1. The SMILES string of the molecule is COc1ccc(C)cc1NC(=O)C(=O)c1cn(CC(=O)N2CCOCC2)c2ccccc12. The van der Waals surface area contributed by atoms with Gasteiger partial charge in [0.15, 0.2) is 0 Å². The van der Waals surface area contributed by atoms with E-state index in [0.29, 0.717) is 43.1 Å². The summed E-state index contributed by atoms with van der Waals surface area (Å²) >= 11 is 0. The third kappa shape index (κ3) is 4.36. The fraction of sp³-hybridized carbons (Fsp3) is 0.292. The predicted molar refractivity (Wildman–Crippen MR) is 120 cm³/mol. The Morgan fingerprint density at radius 1 is 1.09 bits per heavy atom. The molecule has 0 unspecified atom stereocenters. The molecule has 8 heteroatoms. The Morgan fingerprint density at radius 3 is 2.59 bits per heavy atom. The molecule has 1 saturated heterocycles. The largest absolute Gasteiger partial charge is 0.495 e. The summed E-state index contributed by atoms with van der Waals surface area (Å²) < 4.78 is 12.3. The van der Waals surface area contributed by atoms with E-state index in [1.165, 1.54) is 7.11 Å². The van der Waals surface area contributed by atoms with Crippen LogP contribution in [0.1, 0.15) is 15.9 Å². The quantitative estimate of drug-likeness (QED) is 0.475. The molecule has 4 rings (SSSR count). The van der Waals surface area contributed by atoms with Gasteiger partial charge >= 0.3 is 0 Å². The molecule has 1 N–H and O–H groups in total. The summed E-state index contributed by atoms with van der Waals surface area (Å²) in [5.41, 5.74) is 2.32. The lowest BCUT2D eigenvalue weighted by Crippen LogP contribution is -2.42. The molecule has 3 aromatic rings. The number of ether oxygens (including phenoxy) is 2. The van der Waals surface area contributed by atoms with Gasteiger partial charge in [-0.05, 0) is 30.7 Å². The second-order valence-electron chi connectivity index (χ2n) is 7.67. The van der Waals surface area contributed by atoms with E-state index in [-0.39, 0.29) is 18.0 Å². The number of nitrogens with zero attached hydrogens (tertiary/aromatic N) is 2. The van der Waals surface area contributed by atoms with Gasteiger partial charge in [-0.2, -0.15) is 0 Å². The molecule has 2 amide bonds. The maximum absolute atomic E-state index is 13.1. The topological polar surface area (TPSA) is 89.9 Å². The molecule has 0 radical (unpaired) electrons. The number of nitrogens with one attached hydrogen (secondary N) is 1. The number of ketones is 1. The molecule has 0 bridgehead atoms. The highest BCUT2D eigenvalue weighted by atomic mass is 16.5. The van der Waals surface area contributed by atoms with Crippen LogP contribution >= 0.6 is 0 Å². The second-order valence-corrected chi connectivity index (χ2v) is 7.67. The highest BCUT2D eigenvalue weighted by Gasteiger charge is 2.24. The number of para-hydroxylation sites is 1. The molecule has 2 aromatic carbocycles. The van der Waals surface area contributed by atoms with E-state index in [9.17, 15) is 14.4 Å². The molecule has 0 atom stereocenters. The lowest BCUT2D eigenvalue weighted by Gasteiger charge is -2.27. The molecule has 0 spiro atoms. The minimum Gasteiger partial charge on any atom is -0.495 e. The predicted octanol–water partition coefficient (Wildman–Crippen LogP) is 2.64. The van der Waals surface area contributed by atoms with Gasteiger partial charge in [-0.15, -0.1) is 0 Å². The Morgan fingerprint density at radius 2 is 1.84 bits per heavy atom. The average Bonchev–Trinajstić information content (AvgIpc) is 3.17. The van der Waals surface area contributed by atoms with Crippen molar-refractivity contribution in [1.29, 1.82) is 0 Å². The van der Waals surface area contributed by atoms with E-state index in [0.717, 1.165) is 11.1 Å². The van der Waals surface area contributed by atoms with Crippen LogP contribution in [-0.2, 0) is 20.9 Å². The van der Waals surface area contributed by atoms with Crippen molar-refractivity contribution in [3.05, 3.63) is 59.8 Å². The van der Waals surface area contributed by atoms with Crippen LogP contribution in [0.3, 0.4) is 0 Å². The number of hydrogen-bond acceptors (Lipinski definition) is 5. The van der Waals surface area contributed by atoms with Gasteiger partial charge in [0.25, 0.3) is 11.7 Å². The van der Waals surface area contributed by atoms with Crippen LogP contribution in [0.2, 0.25) is 0 Å². The van der Waals surface area contributed by atoms with E-state index < -0.39 is 11.7 Å². The number of rotatable bonds is 6. The average molecular weight is 435 g/mol. The van der Waals surface area contributed by atoms with Gasteiger partial charge in [0.05, 0.1) is 31.6 Å². The van der Waals surface area contributed by atoms with Crippen LogP contribution < -0.4 is 10.1 Å². The zero-order valence-corrected chi connectivity index (χ0v) is 18.1. The lowest BCUT2D eigenvalue weighted by molar-refractivity contribution is -0.135. The first-order chi connectivity index (χ1) is 15.5. The first-order valence-corrected chi connectivity index (χ1v) is 10.4. The molecule has 8 nitrogen and oxygen atoms in total. The van der Waals surface area contributed by atoms with Crippen LogP contribution in [-0.4, -0.2) is 60.5 Å². The highest BCUT2D eigenvalue weighted by Crippen LogP contribution is 2.27. The summed E-state index contributed by atoms with van der Waals surface area (Å²) in [6.07, 6.45) is 1.58. The number of Topliss-reactive ketones (excluding diaryl/α,β-unsaturated/α-hetero) is 1. The number of morpholine rings is 1. The van der Waals surface area contributed by atoms with Crippen LogP contribution in [0.5, 0.6) is 5.75 Å². The van der Waals surface area contributed by atoms with Crippen LogP contribution in [0.25, 0.3) is 10.9 Å². The zero-order valence-electron chi connectivity index (χ0n) is 18.1. The molecule has 1 fully saturated rings. The number of benzene rings is 2. The van der Waals surface area contributed by atoms with Gasteiger partial charge in [0.2, 0.25) is 5.91 Å². The van der Waals surface area contributed by atoms with E-state index in [1.807, 2.05) is 25.1 Å². The van der Waals surface area contributed by atoms with Crippen molar-refractivity contribution in [3.8, 4) is 5.75 Å². The van der Waals surface area contributed by atoms with Crippen molar-refractivity contribution in [2.24, 2.45) is 0 Å². The number of aromatic nitrogens is 1. The summed E-state index contributed by atoms with van der Waals surface area (Å²) in [6.45, 7) is 4.10. The van der Waals surface area contributed by atoms with Crippen LogP contribution in [0.4, 0.5) is 5.69 Å². The lowest BCUT2D eigenvalue weighted by atomic mass is 10.1. The molecular formula is C24H25N3O5. The third-order valence-corrected chi connectivity index (χ3v) is 5.51. The molecule has 1 aliphatic rings. The van der Waals surface area contributed by atoms with Crippen molar-refractivity contribution in [1.82, 2.24) is 9.47 Å². The number of hydrogen-bond donors (Lipinski definition) is 1. The molecular weight excluding hydrogens is 410 g/mol. The number of aryl methyl sites for hydroxylation is 1. The van der Waals surface area contributed by atoms with Crippen molar-refractivity contribution < 1.29 is 23.9 Å². The van der Waals surface area contributed by atoms with E-state index in [2.05, 4.69) is 5.32 Å². The first-order valence-electron chi connectivity index (χ1n) is 10.4. The maximum Gasteiger partial charge on any atom is 0.296 e. The van der Waals surface area contributed by atoms with Gasteiger partial charge in [-0.3, -0.25) is 14.4 Å². The molecule has 0 aliphatic carbocycles.